The second-order valence-corrected chi connectivity index (χ2v) is 6.23. The third-order valence-corrected chi connectivity index (χ3v) is 4.22. The minimum Gasteiger partial charge on any atom is -0.334 e. The molecular formula is C21H14ClN3O2. The molecule has 0 aliphatic carbocycles. The Labute approximate surface area is 160 Å². The van der Waals surface area contributed by atoms with Crippen LogP contribution in [0.4, 0.5) is 5.69 Å². The van der Waals surface area contributed by atoms with Gasteiger partial charge in [-0.1, -0.05) is 59.2 Å². The molecule has 0 unspecified atom stereocenters. The van der Waals surface area contributed by atoms with Gasteiger partial charge >= 0.3 is 0 Å². The van der Waals surface area contributed by atoms with Crippen molar-refractivity contribution in [3.05, 3.63) is 89.4 Å². The van der Waals surface area contributed by atoms with Crippen molar-refractivity contribution in [3.8, 4) is 22.8 Å². The van der Waals surface area contributed by atoms with Crippen LogP contribution in [0.15, 0.2) is 83.4 Å². The van der Waals surface area contributed by atoms with E-state index >= 15 is 0 Å². The third kappa shape index (κ3) is 3.73. The predicted octanol–water partition coefficient (Wildman–Crippen LogP) is 5.31. The zero-order chi connectivity index (χ0) is 18.6. The molecule has 0 saturated carbocycles. The van der Waals surface area contributed by atoms with Gasteiger partial charge in [0.2, 0.25) is 5.82 Å². The highest BCUT2D eigenvalue weighted by Crippen LogP contribution is 2.28. The van der Waals surface area contributed by atoms with Crippen molar-refractivity contribution < 1.29 is 9.32 Å². The van der Waals surface area contributed by atoms with Crippen LogP contribution in [0.2, 0.25) is 5.02 Å². The molecular weight excluding hydrogens is 362 g/mol. The molecule has 5 nitrogen and oxygen atoms in total. The zero-order valence-corrected chi connectivity index (χ0v) is 14.9. The molecule has 1 N–H and O–H groups in total. The number of hydrogen-bond donors (Lipinski definition) is 1. The number of hydrogen-bond acceptors (Lipinski definition) is 4. The molecule has 0 atom stereocenters. The fourth-order valence-corrected chi connectivity index (χ4v) is 2.74. The highest BCUT2D eigenvalue weighted by Gasteiger charge is 2.16. The molecule has 1 aromatic heterocycles. The molecule has 0 aliphatic rings. The number of para-hydroxylation sites is 1. The largest absolute Gasteiger partial charge is 0.334 e. The Morgan fingerprint density at radius 3 is 2.37 bits per heavy atom. The number of amides is 1. The van der Waals surface area contributed by atoms with E-state index in [1.807, 2.05) is 48.5 Å². The van der Waals surface area contributed by atoms with Gasteiger partial charge in [0.05, 0.1) is 11.3 Å². The number of carbonyl (C=O) groups excluding carboxylic acids is 1. The van der Waals surface area contributed by atoms with Crippen molar-refractivity contribution >= 4 is 23.2 Å². The summed E-state index contributed by atoms with van der Waals surface area (Å²) >= 11 is 5.88. The van der Waals surface area contributed by atoms with Gasteiger partial charge in [-0.15, -0.1) is 0 Å². The fourth-order valence-electron chi connectivity index (χ4n) is 2.61. The molecule has 4 rings (SSSR count). The van der Waals surface area contributed by atoms with E-state index in [0.717, 1.165) is 5.56 Å². The number of nitrogens with one attached hydrogen (secondary N) is 1. The average molecular weight is 376 g/mol. The molecule has 0 bridgehead atoms. The lowest BCUT2D eigenvalue weighted by Crippen LogP contribution is -2.12. The lowest BCUT2D eigenvalue weighted by Gasteiger charge is -2.08. The summed E-state index contributed by atoms with van der Waals surface area (Å²) in [6, 6.07) is 23.5. The Balaban J connectivity index is 1.63. The number of rotatable bonds is 4. The van der Waals surface area contributed by atoms with E-state index in [4.69, 9.17) is 16.1 Å². The lowest BCUT2D eigenvalue weighted by atomic mass is 10.1. The van der Waals surface area contributed by atoms with Crippen LogP contribution in [-0.2, 0) is 0 Å². The number of aromatic nitrogens is 2. The van der Waals surface area contributed by atoms with E-state index in [1.165, 1.54) is 0 Å². The van der Waals surface area contributed by atoms with Gasteiger partial charge in [-0.25, -0.2) is 0 Å². The van der Waals surface area contributed by atoms with E-state index in [1.54, 1.807) is 30.3 Å². The maximum atomic E-state index is 12.5. The summed E-state index contributed by atoms with van der Waals surface area (Å²) in [4.78, 5) is 17.0. The van der Waals surface area contributed by atoms with Gasteiger partial charge in [0.15, 0.2) is 0 Å². The predicted molar refractivity (Wildman–Crippen MR) is 105 cm³/mol. The minimum absolute atomic E-state index is 0.248. The Hall–Kier alpha value is -3.44. The highest BCUT2D eigenvalue weighted by molar-refractivity contribution is 6.30. The first-order valence-electron chi connectivity index (χ1n) is 8.26. The molecule has 0 fully saturated rings. The average Bonchev–Trinajstić information content (AvgIpc) is 3.19. The molecule has 27 heavy (non-hydrogen) atoms. The number of anilines is 1. The first-order chi connectivity index (χ1) is 13.2. The second-order valence-electron chi connectivity index (χ2n) is 5.80. The third-order valence-electron chi connectivity index (χ3n) is 3.97. The van der Waals surface area contributed by atoms with Gasteiger partial charge in [0.25, 0.3) is 11.8 Å². The van der Waals surface area contributed by atoms with Crippen LogP contribution < -0.4 is 5.32 Å². The van der Waals surface area contributed by atoms with Crippen LogP contribution >= 0.6 is 11.6 Å². The summed E-state index contributed by atoms with van der Waals surface area (Å²) in [7, 11) is 0. The topological polar surface area (TPSA) is 68.0 Å². The molecule has 4 aromatic rings. The van der Waals surface area contributed by atoms with Crippen molar-refractivity contribution in [2.45, 2.75) is 0 Å². The molecule has 6 heteroatoms. The van der Waals surface area contributed by atoms with E-state index in [9.17, 15) is 4.79 Å². The Morgan fingerprint density at radius 1 is 0.889 bits per heavy atom. The molecule has 1 heterocycles. The number of nitrogens with zero attached hydrogens (tertiary/aromatic N) is 2. The standard InChI is InChI=1S/C21H14ClN3O2/c22-16-12-10-15(11-13-16)20(26)23-18-9-5-4-8-17(18)21-24-19(25-27-21)14-6-2-1-3-7-14/h1-13H,(H,23,26). The number of benzene rings is 3. The van der Waals surface area contributed by atoms with Crippen molar-refractivity contribution in [1.29, 1.82) is 0 Å². The van der Waals surface area contributed by atoms with Crippen LogP contribution in [0.25, 0.3) is 22.8 Å². The first kappa shape index (κ1) is 17.0. The lowest BCUT2D eigenvalue weighted by molar-refractivity contribution is 0.102. The van der Waals surface area contributed by atoms with Crippen molar-refractivity contribution in [2.24, 2.45) is 0 Å². The number of halogens is 1. The molecule has 0 spiro atoms. The maximum absolute atomic E-state index is 12.5. The molecule has 3 aromatic carbocycles. The van der Waals surface area contributed by atoms with E-state index in [0.29, 0.717) is 33.6 Å². The van der Waals surface area contributed by atoms with E-state index in [-0.39, 0.29) is 5.91 Å². The smallest absolute Gasteiger partial charge is 0.260 e. The van der Waals surface area contributed by atoms with Crippen LogP contribution in [-0.4, -0.2) is 16.0 Å². The van der Waals surface area contributed by atoms with Gasteiger partial charge in [-0.3, -0.25) is 4.79 Å². The van der Waals surface area contributed by atoms with Crippen LogP contribution in [0.3, 0.4) is 0 Å². The highest BCUT2D eigenvalue weighted by atomic mass is 35.5. The molecule has 1 amide bonds. The molecule has 0 aliphatic heterocycles. The molecule has 132 valence electrons. The quantitative estimate of drug-likeness (QED) is 0.525. The summed E-state index contributed by atoms with van der Waals surface area (Å²) in [6.45, 7) is 0. The fraction of sp³-hybridized carbons (Fsp3) is 0. The van der Waals surface area contributed by atoms with Gasteiger partial charge in [0, 0.05) is 16.1 Å². The van der Waals surface area contributed by atoms with Crippen molar-refractivity contribution in [2.75, 3.05) is 5.32 Å². The first-order valence-corrected chi connectivity index (χ1v) is 8.64. The Morgan fingerprint density at radius 2 is 1.59 bits per heavy atom. The van der Waals surface area contributed by atoms with E-state index < -0.39 is 0 Å². The van der Waals surface area contributed by atoms with E-state index in [2.05, 4.69) is 15.5 Å². The normalized spacial score (nSPS) is 10.6. The Kier molecular flexibility index (Phi) is 4.68. The van der Waals surface area contributed by atoms with Gasteiger partial charge in [-0.05, 0) is 36.4 Å². The molecule has 0 radical (unpaired) electrons. The summed E-state index contributed by atoms with van der Waals surface area (Å²) in [5, 5.41) is 7.50. The SMILES string of the molecule is O=C(Nc1ccccc1-c1nc(-c2ccccc2)no1)c1ccc(Cl)cc1. The maximum Gasteiger partial charge on any atom is 0.260 e. The van der Waals surface area contributed by atoms with Gasteiger partial charge in [0.1, 0.15) is 0 Å². The van der Waals surface area contributed by atoms with Crippen molar-refractivity contribution in [3.63, 3.8) is 0 Å². The van der Waals surface area contributed by atoms with Crippen LogP contribution in [0.1, 0.15) is 10.4 Å². The van der Waals surface area contributed by atoms with Crippen LogP contribution in [0, 0.1) is 0 Å². The number of carbonyl (C=O) groups is 1. The zero-order valence-electron chi connectivity index (χ0n) is 14.1. The summed E-state index contributed by atoms with van der Waals surface area (Å²) < 4.78 is 5.42. The molecule has 0 saturated heterocycles. The van der Waals surface area contributed by atoms with Crippen LogP contribution in [0.5, 0.6) is 0 Å². The Bertz CT molecular complexity index is 1080. The summed E-state index contributed by atoms with van der Waals surface area (Å²) in [5.41, 5.74) is 2.59. The monoisotopic (exact) mass is 375 g/mol. The minimum atomic E-state index is -0.248. The van der Waals surface area contributed by atoms with Gasteiger partial charge < -0.3 is 9.84 Å². The van der Waals surface area contributed by atoms with Crippen molar-refractivity contribution in [1.82, 2.24) is 10.1 Å². The summed E-state index contributed by atoms with van der Waals surface area (Å²) in [5.74, 6) is 0.576. The second kappa shape index (κ2) is 7.43. The summed E-state index contributed by atoms with van der Waals surface area (Å²) in [6.07, 6.45) is 0. The van der Waals surface area contributed by atoms with Gasteiger partial charge in [-0.2, -0.15) is 4.98 Å².